The van der Waals surface area contributed by atoms with E-state index in [0.29, 0.717) is 23.9 Å². The third-order valence-electron chi connectivity index (χ3n) is 7.15. The van der Waals surface area contributed by atoms with Crippen molar-refractivity contribution in [1.29, 1.82) is 0 Å². The molecule has 36 heavy (non-hydrogen) atoms. The lowest BCUT2D eigenvalue weighted by atomic mass is 9.98. The van der Waals surface area contributed by atoms with Gasteiger partial charge in [-0.3, -0.25) is 14.4 Å². The molecule has 2 aliphatic rings. The SMILES string of the molecule is Cc1nn(C)c2ncc(C(=O)N3CCC(N4C(=O)OC(c5ccccc5)C4C)CC3)c(SC(C)C)c12. The first-order valence-corrected chi connectivity index (χ1v) is 13.5. The van der Waals surface area contributed by atoms with E-state index in [4.69, 9.17) is 4.74 Å². The highest BCUT2D eigenvalue weighted by Crippen LogP contribution is 2.38. The second kappa shape index (κ2) is 9.76. The Morgan fingerprint density at radius 1 is 1.17 bits per heavy atom. The van der Waals surface area contributed by atoms with Gasteiger partial charge in [0.2, 0.25) is 0 Å². The molecule has 4 heterocycles. The van der Waals surface area contributed by atoms with Crippen LogP contribution in [0.25, 0.3) is 11.0 Å². The predicted octanol–water partition coefficient (Wildman–Crippen LogP) is 4.96. The highest BCUT2D eigenvalue weighted by Gasteiger charge is 2.44. The van der Waals surface area contributed by atoms with Crippen LogP contribution in [0.4, 0.5) is 4.79 Å². The fraction of sp³-hybridized carbons (Fsp3) is 0.481. The summed E-state index contributed by atoms with van der Waals surface area (Å²) in [5.41, 5.74) is 3.32. The van der Waals surface area contributed by atoms with E-state index in [0.717, 1.165) is 40.0 Å². The van der Waals surface area contributed by atoms with Gasteiger partial charge in [-0.1, -0.05) is 44.2 Å². The number of hydrogen-bond donors (Lipinski definition) is 0. The zero-order valence-electron chi connectivity index (χ0n) is 21.5. The fourth-order valence-electron chi connectivity index (χ4n) is 5.46. The smallest absolute Gasteiger partial charge is 0.411 e. The van der Waals surface area contributed by atoms with Gasteiger partial charge in [0.1, 0.15) is 6.10 Å². The van der Waals surface area contributed by atoms with Crippen molar-refractivity contribution in [2.45, 2.75) is 68.9 Å². The van der Waals surface area contributed by atoms with Crippen LogP contribution in [0, 0.1) is 6.92 Å². The number of amides is 2. The first-order valence-electron chi connectivity index (χ1n) is 12.6. The summed E-state index contributed by atoms with van der Waals surface area (Å²) in [6.07, 6.45) is 2.61. The molecule has 190 valence electrons. The molecule has 0 radical (unpaired) electrons. The number of carbonyl (C=O) groups is 2. The van der Waals surface area contributed by atoms with Gasteiger partial charge >= 0.3 is 6.09 Å². The standard InChI is InChI=1S/C27H33N5O3S/c1-16(2)36-24-21(15-28-25-22(24)17(3)29-30(25)5)26(33)31-13-11-20(12-14-31)32-18(4)23(35-27(32)34)19-9-7-6-8-10-19/h6-10,15-16,18,20,23H,11-14H2,1-5H3. The molecule has 0 saturated carbocycles. The number of pyridine rings is 1. The second-order valence-electron chi connectivity index (χ2n) is 9.96. The van der Waals surface area contributed by atoms with Crippen LogP contribution in [0.2, 0.25) is 0 Å². The summed E-state index contributed by atoms with van der Waals surface area (Å²) in [6.45, 7) is 9.44. The van der Waals surface area contributed by atoms with E-state index in [1.165, 1.54) is 0 Å². The zero-order valence-corrected chi connectivity index (χ0v) is 22.3. The fourth-order valence-corrected chi connectivity index (χ4v) is 6.55. The first-order chi connectivity index (χ1) is 17.3. The second-order valence-corrected chi connectivity index (χ2v) is 11.5. The highest BCUT2D eigenvalue weighted by atomic mass is 32.2. The maximum Gasteiger partial charge on any atom is 0.411 e. The number of likely N-dealkylation sites (tertiary alicyclic amines) is 1. The molecular weight excluding hydrogens is 474 g/mol. The Hall–Kier alpha value is -3.07. The minimum Gasteiger partial charge on any atom is -0.439 e. The van der Waals surface area contributed by atoms with Crippen LogP contribution < -0.4 is 0 Å². The van der Waals surface area contributed by atoms with Gasteiger partial charge in [-0.15, -0.1) is 11.8 Å². The number of thioether (sulfide) groups is 1. The Bertz CT molecular complexity index is 1280. The quantitative estimate of drug-likeness (QED) is 0.454. The molecule has 0 bridgehead atoms. The summed E-state index contributed by atoms with van der Waals surface area (Å²) in [4.78, 5) is 35.8. The lowest BCUT2D eigenvalue weighted by molar-refractivity contribution is 0.0637. The lowest BCUT2D eigenvalue weighted by Gasteiger charge is -2.37. The number of fused-ring (bicyclic) bond motifs is 1. The minimum atomic E-state index is -0.269. The molecule has 0 N–H and O–H groups in total. The van der Waals surface area contributed by atoms with Gasteiger partial charge in [0.25, 0.3) is 5.91 Å². The monoisotopic (exact) mass is 507 g/mol. The van der Waals surface area contributed by atoms with Crippen molar-refractivity contribution >= 4 is 34.8 Å². The van der Waals surface area contributed by atoms with E-state index in [2.05, 4.69) is 23.9 Å². The topological polar surface area (TPSA) is 80.6 Å². The average molecular weight is 508 g/mol. The molecular formula is C27H33N5O3S. The summed E-state index contributed by atoms with van der Waals surface area (Å²) in [7, 11) is 1.88. The number of carbonyl (C=O) groups excluding carboxylic acids is 2. The summed E-state index contributed by atoms with van der Waals surface area (Å²) >= 11 is 1.68. The molecule has 2 aliphatic heterocycles. The largest absolute Gasteiger partial charge is 0.439 e. The molecule has 8 nitrogen and oxygen atoms in total. The third kappa shape index (κ3) is 4.34. The van der Waals surface area contributed by atoms with Gasteiger partial charge in [-0.05, 0) is 32.3 Å². The van der Waals surface area contributed by atoms with E-state index in [1.807, 2.05) is 61.0 Å². The van der Waals surface area contributed by atoms with Crippen LogP contribution in [-0.4, -0.2) is 67.0 Å². The van der Waals surface area contributed by atoms with Crippen LogP contribution in [0.3, 0.4) is 0 Å². The summed E-state index contributed by atoms with van der Waals surface area (Å²) in [5.74, 6) is -0.00605. The minimum absolute atomic E-state index is 0.00605. The van der Waals surface area contributed by atoms with E-state index < -0.39 is 0 Å². The van der Waals surface area contributed by atoms with Gasteiger partial charge < -0.3 is 9.64 Å². The lowest BCUT2D eigenvalue weighted by Crippen LogP contribution is -2.49. The van der Waals surface area contributed by atoms with Crippen LogP contribution in [-0.2, 0) is 11.8 Å². The molecule has 9 heteroatoms. The van der Waals surface area contributed by atoms with Gasteiger partial charge in [0, 0.05) is 42.5 Å². The molecule has 0 aliphatic carbocycles. The molecule has 2 saturated heterocycles. The predicted molar refractivity (Wildman–Crippen MR) is 140 cm³/mol. The van der Waals surface area contributed by atoms with Crippen molar-refractivity contribution in [3.63, 3.8) is 0 Å². The van der Waals surface area contributed by atoms with E-state index in [9.17, 15) is 9.59 Å². The Morgan fingerprint density at radius 2 is 1.86 bits per heavy atom. The van der Waals surface area contributed by atoms with E-state index in [1.54, 1.807) is 22.6 Å². The van der Waals surface area contributed by atoms with Crippen molar-refractivity contribution in [3.05, 3.63) is 53.3 Å². The molecule has 2 amide bonds. The maximum absolute atomic E-state index is 13.7. The van der Waals surface area contributed by atoms with Crippen LogP contribution in [0.5, 0.6) is 0 Å². The van der Waals surface area contributed by atoms with Gasteiger partial charge in [-0.25, -0.2) is 9.78 Å². The van der Waals surface area contributed by atoms with Crippen molar-refractivity contribution in [1.82, 2.24) is 24.6 Å². The number of ether oxygens (including phenoxy) is 1. The zero-order chi connectivity index (χ0) is 25.6. The van der Waals surface area contributed by atoms with E-state index in [-0.39, 0.29) is 30.2 Å². The number of benzene rings is 1. The van der Waals surface area contributed by atoms with Gasteiger partial charge in [0.15, 0.2) is 5.65 Å². The number of hydrogen-bond acceptors (Lipinski definition) is 6. The van der Waals surface area contributed by atoms with Crippen LogP contribution >= 0.6 is 11.8 Å². The molecule has 3 aromatic rings. The maximum atomic E-state index is 13.7. The van der Waals surface area contributed by atoms with Crippen LogP contribution in [0.1, 0.15) is 61.3 Å². The van der Waals surface area contributed by atoms with Gasteiger partial charge in [0.05, 0.1) is 22.7 Å². The van der Waals surface area contributed by atoms with Crippen LogP contribution in [0.15, 0.2) is 41.4 Å². The summed E-state index contributed by atoms with van der Waals surface area (Å²) < 4.78 is 7.53. The first kappa shape index (κ1) is 24.6. The number of rotatable bonds is 5. The molecule has 2 atom stereocenters. The third-order valence-corrected chi connectivity index (χ3v) is 8.28. The van der Waals surface area contributed by atoms with Crippen molar-refractivity contribution in [2.24, 2.45) is 7.05 Å². The van der Waals surface area contributed by atoms with E-state index >= 15 is 0 Å². The Kier molecular flexibility index (Phi) is 6.68. The molecule has 2 unspecified atom stereocenters. The molecule has 2 fully saturated rings. The average Bonchev–Trinajstić information content (AvgIpc) is 3.33. The molecule has 0 spiro atoms. The molecule has 1 aromatic carbocycles. The Morgan fingerprint density at radius 3 is 2.53 bits per heavy atom. The summed E-state index contributed by atoms with van der Waals surface area (Å²) in [5, 5.41) is 5.80. The number of piperidine rings is 1. The van der Waals surface area contributed by atoms with Crippen molar-refractivity contribution in [2.75, 3.05) is 13.1 Å². The summed E-state index contributed by atoms with van der Waals surface area (Å²) in [6, 6.07) is 9.89. The van der Waals surface area contributed by atoms with Gasteiger partial charge in [-0.2, -0.15) is 5.10 Å². The van der Waals surface area contributed by atoms with Crippen molar-refractivity contribution < 1.29 is 14.3 Å². The Balaban J connectivity index is 1.33. The number of aromatic nitrogens is 3. The molecule has 2 aromatic heterocycles. The Labute approximate surface area is 216 Å². The molecule has 5 rings (SSSR count). The number of aryl methyl sites for hydroxylation is 2. The normalized spacial score (nSPS) is 21.0. The number of nitrogens with zero attached hydrogens (tertiary/aromatic N) is 5. The van der Waals surface area contributed by atoms with Crippen molar-refractivity contribution in [3.8, 4) is 0 Å². The highest BCUT2D eigenvalue weighted by molar-refractivity contribution is 8.00. The number of cyclic esters (lactones) is 1.